The number of hydrogen-bond donors (Lipinski definition) is 2. The second-order valence-electron chi connectivity index (χ2n) is 5.12. The van der Waals surface area contributed by atoms with Crippen molar-refractivity contribution >= 4 is 21.4 Å². The van der Waals surface area contributed by atoms with Crippen LogP contribution >= 0.6 is 11.3 Å². The summed E-state index contributed by atoms with van der Waals surface area (Å²) in [5.41, 5.74) is 0. The van der Waals surface area contributed by atoms with Crippen LogP contribution in [0.15, 0.2) is 58.0 Å². The lowest BCUT2D eigenvalue weighted by Gasteiger charge is -2.07. The van der Waals surface area contributed by atoms with Crippen molar-refractivity contribution < 1.29 is 26.7 Å². The minimum absolute atomic E-state index is 0.0886. The van der Waals surface area contributed by atoms with E-state index in [0.717, 1.165) is 12.1 Å². The lowest BCUT2D eigenvalue weighted by atomic mass is 10.2. The normalized spacial score (nSPS) is 13.1. The fourth-order valence-electron chi connectivity index (χ4n) is 2.16. The number of sulfonamides is 1. The fraction of sp³-hybridized carbons (Fsp3) is 0.125. The van der Waals surface area contributed by atoms with Crippen molar-refractivity contribution in [2.24, 2.45) is 0 Å². The summed E-state index contributed by atoms with van der Waals surface area (Å²) in [4.78, 5) is 0.574. The van der Waals surface area contributed by atoms with Crippen LogP contribution in [0, 0.1) is 11.6 Å². The third kappa shape index (κ3) is 3.96. The quantitative estimate of drug-likeness (QED) is 0.683. The lowest BCUT2D eigenvalue weighted by Crippen LogP contribution is -2.23. The van der Waals surface area contributed by atoms with Crippen LogP contribution in [0.3, 0.4) is 0 Å². The summed E-state index contributed by atoms with van der Waals surface area (Å²) in [7, 11) is -4.13. The van der Waals surface area contributed by atoms with Crippen LogP contribution in [-0.4, -0.2) is 13.5 Å². The van der Waals surface area contributed by atoms with Gasteiger partial charge in [-0.05, 0) is 36.4 Å². The third-order valence-corrected chi connectivity index (χ3v) is 5.96. The zero-order chi connectivity index (χ0) is 18.0. The number of aliphatic hydroxyl groups excluding tert-OH is 1. The van der Waals surface area contributed by atoms with E-state index >= 15 is 0 Å². The molecule has 0 aliphatic rings. The number of halogens is 2. The van der Waals surface area contributed by atoms with Gasteiger partial charge in [-0.1, -0.05) is 0 Å². The Kier molecular flexibility index (Phi) is 5.00. The highest BCUT2D eigenvalue weighted by Gasteiger charge is 2.20. The Morgan fingerprint density at radius 3 is 2.68 bits per heavy atom. The van der Waals surface area contributed by atoms with Gasteiger partial charge in [-0.3, -0.25) is 0 Å². The van der Waals surface area contributed by atoms with E-state index < -0.39 is 32.7 Å². The van der Waals surface area contributed by atoms with Gasteiger partial charge in [0.05, 0.1) is 6.26 Å². The summed E-state index contributed by atoms with van der Waals surface area (Å²) in [5, 5.41) is 10.2. The minimum Gasteiger partial charge on any atom is -0.466 e. The highest BCUT2D eigenvalue weighted by molar-refractivity contribution is 7.89. The maximum absolute atomic E-state index is 13.6. The molecule has 0 spiro atoms. The molecule has 0 amide bonds. The molecule has 1 atom stereocenters. The van der Waals surface area contributed by atoms with Crippen LogP contribution in [0.2, 0.25) is 0 Å². The number of benzene rings is 1. The SMILES string of the molecule is O=S(=O)(NCc1ccc(C(O)c2ccco2)s1)c1ccc(F)cc1F. The largest absolute Gasteiger partial charge is 0.466 e. The van der Waals surface area contributed by atoms with Crippen LogP contribution in [0.4, 0.5) is 8.78 Å². The molecule has 2 aromatic heterocycles. The molecule has 0 aliphatic heterocycles. The van der Waals surface area contributed by atoms with Gasteiger partial charge in [-0.15, -0.1) is 11.3 Å². The highest BCUT2D eigenvalue weighted by Crippen LogP contribution is 2.29. The molecule has 1 unspecified atom stereocenters. The van der Waals surface area contributed by atoms with Gasteiger partial charge < -0.3 is 9.52 Å². The van der Waals surface area contributed by atoms with Crippen molar-refractivity contribution in [3.05, 3.63) is 75.9 Å². The number of rotatable bonds is 6. The Morgan fingerprint density at radius 2 is 2.00 bits per heavy atom. The molecule has 1 aromatic carbocycles. The van der Waals surface area contributed by atoms with E-state index in [1.54, 1.807) is 24.3 Å². The van der Waals surface area contributed by atoms with E-state index in [-0.39, 0.29) is 6.54 Å². The molecule has 0 aliphatic carbocycles. The number of nitrogens with one attached hydrogen (secondary N) is 1. The van der Waals surface area contributed by atoms with Gasteiger partial charge in [0, 0.05) is 22.4 Å². The van der Waals surface area contributed by atoms with E-state index in [0.29, 0.717) is 21.6 Å². The van der Waals surface area contributed by atoms with Crippen LogP contribution < -0.4 is 4.72 Å². The lowest BCUT2D eigenvalue weighted by molar-refractivity contribution is 0.193. The Hall–Kier alpha value is -2.07. The monoisotopic (exact) mass is 385 g/mol. The van der Waals surface area contributed by atoms with Crippen molar-refractivity contribution in [3.8, 4) is 0 Å². The van der Waals surface area contributed by atoms with Crippen molar-refractivity contribution in [3.63, 3.8) is 0 Å². The van der Waals surface area contributed by atoms with Crippen molar-refractivity contribution in [2.75, 3.05) is 0 Å². The molecule has 0 bridgehead atoms. The molecule has 9 heteroatoms. The van der Waals surface area contributed by atoms with Gasteiger partial charge >= 0.3 is 0 Å². The van der Waals surface area contributed by atoms with Gasteiger partial charge in [-0.25, -0.2) is 21.9 Å². The van der Waals surface area contributed by atoms with Gasteiger partial charge in [0.15, 0.2) is 0 Å². The standard InChI is InChI=1S/C16H13F2NO4S2/c17-10-3-6-15(12(18)8-10)25(21,22)19-9-11-4-5-14(24-11)16(20)13-2-1-7-23-13/h1-8,16,19-20H,9H2. The Bertz CT molecular complexity index is 968. The first-order chi connectivity index (χ1) is 11.9. The van der Waals surface area contributed by atoms with E-state index in [2.05, 4.69) is 4.72 Å². The molecule has 0 saturated heterocycles. The predicted molar refractivity (Wildman–Crippen MR) is 87.5 cm³/mol. The van der Waals surface area contributed by atoms with Gasteiger partial charge in [0.25, 0.3) is 0 Å². The predicted octanol–water partition coefficient (Wildman–Crippen LogP) is 3.18. The molecule has 3 aromatic rings. The summed E-state index contributed by atoms with van der Waals surface area (Å²) in [5.74, 6) is -1.64. The molecule has 0 fully saturated rings. The third-order valence-electron chi connectivity index (χ3n) is 3.38. The molecule has 0 saturated carbocycles. The highest BCUT2D eigenvalue weighted by atomic mass is 32.2. The zero-order valence-electron chi connectivity index (χ0n) is 12.6. The Labute approximate surface area is 146 Å². The number of hydrogen-bond acceptors (Lipinski definition) is 5. The maximum Gasteiger partial charge on any atom is 0.243 e. The average Bonchev–Trinajstić information content (AvgIpc) is 3.24. The molecule has 132 valence electrons. The van der Waals surface area contributed by atoms with Crippen LogP contribution in [-0.2, 0) is 16.6 Å². The summed E-state index contributed by atoms with van der Waals surface area (Å²) in [6, 6.07) is 8.84. The minimum atomic E-state index is -4.13. The topological polar surface area (TPSA) is 79.5 Å². The molecule has 5 nitrogen and oxygen atoms in total. The molecular formula is C16H13F2NO4S2. The molecular weight excluding hydrogens is 372 g/mol. The van der Waals surface area contributed by atoms with E-state index in [1.165, 1.54) is 17.6 Å². The van der Waals surface area contributed by atoms with Crippen LogP contribution in [0.25, 0.3) is 0 Å². The number of aliphatic hydroxyl groups is 1. The second kappa shape index (κ2) is 7.04. The fourth-order valence-corrected chi connectivity index (χ4v) is 4.26. The van der Waals surface area contributed by atoms with Crippen molar-refractivity contribution in [1.29, 1.82) is 0 Å². The molecule has 25 heavy (non-hydrogen) atoms. The molecule has 3 rings (SSSR count). The Morgan fingerprint density at radius 1 is 1.20 bits per heavy atom. The van der Waals surface area contributed by atoms with Crippen molar-refractivity contribution in [2.45, 2.75) is 17.5 Å². The first-order valence-electron chi connectivity index (χ1n) is 7.11. The number of furan rings is 1. The molecule has 0 radical (unpaired) electrons. The van der Waals surface area contributed by atoms with Crippen LogP contribution in [0.1, 0.15) is 21.6 Å². The summed E-state index contributed by atoms with van der Waals surface area (Å²) < 4.78 is 58.2. The van der Waals surface area contributed by atoms with E-state index in [9.17, 15) is 22.3 Å². The first kappa shape index (κ1) is 17.7. The summed E-state index contributed by atoms with van der Waals surface area (Å²) in [6.07, 6.45) is 0.498. The Balaban J connectivity index is 1.71. The molecule has 2 heterocycles. The number of thiophene rings is 1. The first-order valence-corrected chi connectivity index (χ1v) is 9.41. The van der Waals surface area contributed by atoms with Gasteiger partial charge in [0.1, 0.15) is 28.4 Å². The van der Waals surface area contributed by atoms with Crippen LogP contribution in [0.5, 0.6) is 0 Å². The molecule has 2 N–H and O–H groups in total. The average molecular weight is 385 g/mol. The van der Waals surface area contributed by atoms with Gasteiger partial charge in [-0.2, -0.15) is 0 Å². The zero-order valence-corrected chi connectivity index (χ0v) is 14.3. The summed E-state index contributed by atoms with van der Waals surface area (Å²) in [6.45, 7) is -0.0886. The smallest absolute Gasteiger partial charge is 0.243 e. The summed E-state index contributed by atoms with van der Waals surface area (Å²) >= 11 is 1.19. The second-order valence-corrected chi connectivity index (χ2v) is 8.06. The van der Waals surface area contributed by atoms with Crippen molar-refractivity contribution in [1.82, 2.24) is 4.72 Å². The van der Waals surface area contributed by atoms with Gasteiger partial charge in [0.2, 0.25) is 10.0 Å². The van der Waals surface area contributed by atoms with E-state index in [4.69, 9.17) is 4.42 Å². The van der Waals surface area contributed by atoms with E-state index in [1.807, 2.05) is 0 Å². The maximum atomic E-state index is 13.6.